The van der Waals surface area contributed by atoms with Crippen LogP contribution in [0.3, 0.4) is 0 Å². The number of hydrogen-bond acceptors (Lipinski definition) is 2. The number of carbonyl (C=O) groups excluding carboxylic acids is 2. The number of primary amides is 1. The Morgan fingerprint density at radius 2 is 2.00 bits per heavy atom. The molecule has 0 spiro atoms. The third-order valence-corrected chi connectivity index (χ3v) is 3.58. The van der Waals surface area contributed by atoms with Gasteiger partial charge in [0, 0.05) is 5.56 Å². The molecular weight excluding hydrogens is 289 g/mol. The van der Waals surface area contributed by atoms with E-state index >= 15 is 0 Å². The van der Waals surface area contributed by atoms with Gasteiger partial charge in [0.15, 0.2) is 6.04 Å². The SMILES string of the molecule is C[C@@H](C(=O)NC(N)=O)[NH+](C)Cc1ccc(Cl)c(Cl)c1. The molecule has 0 heterocycles. The van der Waals surface area contributed by atoms with Crippen molar-refractivity contribution >= 4 is 35.1 Å². The lowest BCUT2D eigenvalue weighted by atomic mass is 10.2. The molecule has 2 atom stereocenters. The predicted molar refractivity (Wildman–Crippen MR) is 74.2 cm³/mol. The standard InChI is InChI=1S/C12H15Cl2N3O2/c1-7(11(18)16-12(15)19)17(2)6-8-3-4-9(13)10(14)5-8/h3-5,7H,6H2,1-2H3,(H3,15,16,18,19)/p+1/t7-/m0/s1. The Balaban J connectivity index is 2.67. The van der Waals surface area contributed by atoms with Crippen LogP contribution in [0.25, 0.3) is 0 Å². The summed E-state index contributed by atoms with van der Waals surface area (Å²) in [5, 5.41) is 3.02. The fourth-order valence-corrected chi connectivity index (χ4v) is 1.90. The highest BCUT2D eigenvalue weighted by atomic mass is 35.5. The number of imide groups is 1. The normalized spacial score (nSPS) is 13.7. The van der Waals surface area contributed by atoms with Crippen molar-refractivity contribution in [2.45, 2.75) is 19.5 Å². The van der Waals surface area contributed by atoms with E-state index in [2.05, 4.69) is 5.32 Å². The minimum absolute atomic E-state index is 0.412. The summed E-state index contributed by atoms with van der Waals surface area (Å²) in [7, 11) is 1.84. The van der Waals surface area contributed by atoms with Crippen LogP contribution in [0, 0.1) is 0 Å². The van der Waals surface area contributed by atoms with Gasteiger partial charge in [0.25, 0.3) is 5.91 Å². The van der Waals surface area contributed by atoms with Crippen LogP contribution in [0.1, 0.15) is 12.5 Å². The number of quaternary nitrogens is 1. The molecule has 0 bridgehead atoms. The fourth-order valence-electron chi connectivity index (χ4n) is 1.58. The Morgan fingerprint density at radius 1 is 1.37 bits per heavy atom. The van der Waals surface area contributed by atoms with Gasteiger partial charge in [0.2, 0.25) is 0 Å². The number of benzene rings is 1. The van der Waals surface area contributed by atoms with Crippen LogP contribution in [-0.2, 0) is 11.3 Å². The van der Waals surface area contributed by atoms with E-state index in [4.69, 9.17) is 28.9 Å². The quantitative estimate of drug-likeness (QED) is 0.761. The number of amides is 3. The lowest BCUT2D eigenvalue weighted by Gasteiger charge is -2.20. The third-order valence-electron chi connectivity index (χ3n) is 2.85. The molecule has 0 aromatic heterocycles. The number of nitrogens with two attached hydrogens (primary N) is 1. The van der Waals surface area contributed by atoms with Gasteiger partial charge >= 0.3 is 6.03 Å². The number of nitrogens with one attached hydrogen (secondary N) is 2. The highest BCUT2D eigenvalue weighted by Crippen LogP contribution is 2.22. The molecular formula is C12H16Cl2N3O2+. The van der Waals surface area contributed by atoms with E-state index in [0.29, 0.717) is 16.6 Å². The molecule has 104 valence electrons. The molecule has 0 aliphatic heterocycles. The van der Waals surface area contributed by atoms with Crippen molar-refractivity contribution in [3.05, 3.63) is 33.8 Å². The fraction of sp³-hybridized carbons (Fsp3) is 0.333. The van der Waals surface area contributed by atoms with E-state index in [1.54, 1.807) is 19.1 Å². The molecule has 0 aliphatic rings. The lowest BCUT2D eigenvalue weighted by Crippen LogP contribution is -3.12. The van der Waals surface area contributed by atoms with E-state index in [0.717, 1.165) is 10.5 Å². The van der Waals surface area contributed by atoms with Crippen LogP contribution >= 0.6 is 23.2 Å². The van der Waals surface area contributed by atoms with Crippen LogP contribution in [0.4, 0.5) is 4.79 Å². The lowest BCUT2D eigenvalue weighted by molar-refractivity contribution is -0.908. The molecule has 7 heteroatoms. The van der Waals surface area contributed by atoms with Crippen LogP contribution in [0.15, 0.2) is 18.2 Å². The second-order valence-corrected chi connectivity index (χ2v) is 5.16. The Labute approximate surface area is 121 Å². The van der Waals surface area contributed by atoms with Crippen LogP contribution in [0.2, 0.25) is 10.0 Å². The van der Waals surface area contributed by atoms with Gasteiger partial charge < -0.3 is 10.6 Å². The molecule has 0 fully saturated rings. The summed E-state index contributed by atoms with van der Waals surface area (Å²) in [6.07, 6.45) is 0. The van der Waals surface area contributed by atoms with Crippen molar-refractivity contribution in [2.24, 2.45) is 5.73 Å². The van der Waals surface area contributed by atoms with Crippen molar-refractivity contribution < 1.29 is 14.5 Å². The summed E-state index contributed by atoms with van der Waals surface area (Å²) in [6, 6.07) is 4.05. The first-order valence-electron chi connectivity index (χ1n) is 5.67. The van der Waals surface area contributed by atoms with Crippen molar-refractivity contribution in [2.75, 3.05) is 7.05 Å². The van der Waals surface area contributed by atoms with E-state index in [1.807, 2.05) is 13.1 Å². The summed E-state index contributed by atoms with van der Waals surface area (Å²) in [4.78, 5) is 23.2. The predicted octanol–water partition coefficient (Wildman–Crippen LogP) is 0.591. The molecule has 5 nitrogen and oxygen atoms in total. The average molecular weight is 305 g/mol. The van der Waals surface area contributed by atoms with Gasteiger partial charge in [0.05, 0.1) is 17.1 Å². The van der Waals surface area contributed by atoms with E-state index in [9.17, 15) is 9.59 Å². The van der Waals surface area contributed by atoms with Crippen LogP contribution in [-0.4, -0.2) is 25.0 Å². The van der Waals surface area contributed by atoms with Crippen molar-refractivity contribution in [3.63, 3.8) is 0 Å². The zero-order chi connectivity index (χ0) is 14.6. The van der Waals surface area contributed by atoms with Crippen LogP contribution < -0.4 is 16.0 Å². The maximum absolute atomic E-state index is 11.6. The Hall–Kier alpha value is -1.30. The molecule has 0 saturated heterocycles. The highest BCUT2D eigenvalue weighted by molar-refractivity contribution is 6.42. The van der Waals surface area contributed by atoms with Crippen LogP contribution in [0.5, 0.6) is 0 Å². The minimum Gasteiger partial charge on any atom is -0.351 e. The monoisotopic (exact) mass is 304 g/mol. The van der Waals surface area contributed by atoms with Gasteiger partial charge in [-0.15, -0.1) is 0 Å². The van der Waals surface area contributed by atoms with E-state index in [-0.39, 0.29) is 0 Å². The molecule has 1 unspecified atom stereocenters. The van der Waals surface area contributed by atoms with E-state index < -0.39 is 18.0 Å². The topological polar surface area (TPSA) is 76.6 Å². The second-order valence-electron chi connectivity index (χ2n) is 4.35. The first-order valence-corrected chi connectivity index (χ1v) is 6.43. The van der Waals surface area contributed by atoms with E-state index in [1.165, 1.54) is 0 Å². The molecule has 0 radical (unpaired) electrons. The maximum atomic E-state index is 11.6. The molecule has 3 amide bonds. The third kappa shape index (κ3) is 4.70. The summed E-state index contributed by atoms with van der Waals surface area (Å²) in [5.74, 6) is -0.412. The smallest absolute Gasteiger partial charge is 0.319 e. The van der Waals surface area contributed by atoms with Gasteiger partial charge in [0.1, 0.15) is 6.54 Å². The van der Waals surface area contributed by atoms with Gasteiger partial charge in [-0.1, -0.05) is 29.3 Å². The maximum Gasteiger partial charge on any atom is 0.319 e. The molecule has 4 N–H and O–H groups in total. The summed E-state index contributed by atoms with van der Waals surface area (Å²) >= 11 is 11.8. The summed E-state index contributed by atoms with van der Waals surface area (Å²) in [5.41, 5.74) is 5.86. The number of likely N-dealkylation sites (N-methyl/N-ethyl adjacent to an activating group) is 1. The largest absolute Gasteiger partial charge is 0.351 e. The molecule has 19 heavy (non-hydrogen) atoms. The molecule has 0 aliphatic carbocycles. The van der Waals surface area contributed by atoms with Crippen molar-refractivity contribution in [3.8, 4) is 0 Å². The second kappa shape index (κ2) is 6.75. The molecule has 1 aromatic carbocycles. The number of rotatable bonds is 4. The van der Waals surface area contributed by atoms with Gasteiger partial charge in [-0.05, 0) is 19.1 Å². The minimum atomic E-state index is -0.848. The first kappa shape index (κ1) is 15.8. The highest BCUT2D eigenvalue weighted by Gasteiger charge is 2.23. The zero-order valence-electron chi connectivity index (χ0n) is 10.7. The number of carbonyl (C=O) groups is 2. The zero-order valence-corrected chi connectivity index (χ0v) is 12.2. The van der Waals surface area contributed by atoms with Crippen molar-refractivity contribution in [1.82, 2.24) is 5.32 Å². The average Bonchev–Trinajstić information content (AvgIpc) is 2.32. The summed E-state index contributed by atoms with van der Waals surface area (Å²) in [6.45, 7) is 2.29. The molecule has 1 rings (SSSR count). The first-order chi connectivity index (χ1) is 8.81. The molecule has 1 aromatic rings. The van der Waals surface area contributed by atoms with Crippen molar-refractivity contribution in [1.29, 1.82) is 0 Å². The molecule has 0 saturated carbocycles. The van der Waals surface area contributed by atoms with Gasteiger partial charge in [-0.25, -0.2) is 4.79 Å². The summed E-state index contributed by atoms with van der Waals surface area (Å²) < 4.78 is 0. The van der Waals surface area contributed by atoms with Gasteiger partial charge in [-0.3, -0.25) is 10.1 Å². The number of urea groups is 1. The Morgan fingerprint density at radius 3 is 2.53 bits per heavy atom. The Bertz CT molecular complexity index is 494. The number of halogens is 2. The Kier molecular flexibility index (Phi) is 5.60. The number of hydrogen-bond donors (Lipinski definition) is 3. The van der Waals surface area contributed by atoms with Gasteiger partial charge in [-0.2, -0.15) is 0 Å².